The standard InChI is InChI=1S/C20H19N7O3S/c1-27-10-23-19(26-27)13-4-3-5-15(18(13)30-2)25-16-6-17(24-11-29)21-8-14(16)20-22-7-12(9-28)31-20/h3-8,10-11,28H,9H2,1-2H3,(H2,21,24,25,29). The molecule has 3 aromatic heterocycles. The number of methoxy groups -OCH3 is 1. The first-order chi connectivity index (χ1) is 15.1. The number of anilines is 3. The van der Waals surface area contributed by atoms with E-state index >= 15 is 0 Å². The van der Waals surface area contributed by atoms with Gasteiger partial charge in [-0.2, -0.15) is 5.10 Å². The number of amides is 1. The van der Waals surface area contributed by atoms with Gasteiger partial charge in [0.05, 0.1) is 41.1 Å². The van der Waals surface area contributed by atoms with Crippen LogP contribution >= 0.6 is 11.3 Å². The summed E-state index contributed by atoms with van der Waals surface area (Å²) in [5, 5.41) is 20.3. The molecule has 10 nitrogen and oxygen atoms in total. The van der Waals surface area contributed by atoms with Crippen LogP contribution in [-0.4, -0.2) is 43.4 Å². The summed E-state index contributed by atoms with van der Waals surface area (Å²) in [6.07, 6.45) is 5.42. The van der Waals surface area contributed by atoms with Crippen molar-refractivity contribution in [1.29, 1.82) is 0 Å². The van der Waals surface area contributed by atoms with Crippen molar-refractivity contribution in [2.24, 2.45) is 7.05 Å². The van der Waals surface area contributed by atoms with Gasteiger partial charge < -0.3 is 20.5 Å². The van der Waals surface area contributed by atoms with Gasteiger partial charge in [-0.3, -0.25) is 9.48 Å². The number of hydrogen-bond donors (Lipinski definition) is 3. The molecule has 4 aromatic rings. The number of aliphatic hydroxyl groups is 1. The molecule has 0 bridgehead atoms. The van der Waals surface area contributed by atoms with Gasteiger partial charge in [0.2, 0.25) is 6.41 Å². The lowest BCUT2D eigenvalue weighted by atomic mass is 10.1. The summed E-state index contributed by atoms with van der Waals surface area (Å²) < 4.78 is 7.29. The number of carbonyl (C=O) groups excluding carboxylic acids is 1. The second-order valence-corrected chi connectivity index (χ2v) is 7.54. The van der Waals surface area contributed by atoms with E-state index in [0.717, 1.165) is 10.4 Å². The summed E-state index contributed by atoms with van der Waals surface area (Å²) in [6.45, 7) is -0.0917. The van der Waals surface area contributed by atoms with Crippen LogP contribution in [0.15, 0.2) is 43.0 Å². The van der Waals surface area contributed by atoms with Gasteiger partial charge in [-0.25, -0.2) is 15.0 Å². The van der Waals surface area contributed by atoms with Gasteiger partial charge in [0.15, 0.2) is 11.6 Å². The number of thiazole rings is 1. The average molecular weight is 437 g/mol. The summed E-state index contributed by atoms with van der Waals surface area (Å²) in [6, 6.07) is 7.31. The Labute approximate surface area is 181 Å². The maximum atomic E-state index is 10.9. The van der Waals surface area contributed by atoms with Crippen LogP contribution in [0.3, 0.4) is 0 Å². The third-order valence-corrected chi connectivity index (χ3v) is 5.39. The minimum Gasteiger partial charge on any atom is -0.494 e. The number of rotatable bonds is 8. The fourth-order valence-electron chi connectivity index (χ4n) is 3.01. The van der Waals surface area contributed by atoms with E-state index in [1.807, 2.05) is 18.2 Å². The SMILES string of the molecule is COc1c(Nc2cc(NC=O)ncc2-c2ncc(CO)s2)cccc1-c1ncn(C)n1. The first-order valence-corrected chi connectivity index (χ1v) is 10.0. The molecule has 0 saturated heterocycles. The minimum atomic E-state index is -0.0917. The molecule has 11 heteroatoms. The molecule has 0 unspecified atom stereocenters. The number of nitrogens with one attached hydrogen (secondary N) is 2. The van der Waals surface area contributed by atoms with E-state index in [2.05, 4.69) is 30.7 Å². The number of carbonyl (C=O) groups is 1. The molecule has 1 amide bonds. The van der Waals surface area contributed by atoms with Crippen LogP contribution in [0.25, 0.3) is 22.0 Å². The van der Waals surface area contributed by atoms with Gasteiger partial charge >= 0.3 is 0 Å². The number of aliphatic hydroxyl groups excluding tert-OH is 1. The third-order valence-electron chi connectivity index (χ3n) is 4.38. The van der Waals surface area contributed by atoms with Crippen molar-refractivity contribution in [1.82, 2.24) is 24.7 Å². The van der Waals surface area contributed by atoms with Gasteiger partial charge in [-0.15, -0.1) is 11.3 Å². The smallest absolute Gasteiger partial charge is 0.212 e. The van der Waals surface area contributed by atoms with Crippen molar-refractivity contribution in [2.75, 3.05) is 17.7 Å². The van der Waals surface area contributed by atoms with Crippen molar-refractivity contribution in [3.63, 3.8) is 0 Å². The van der Waals surface area contributed by atoms with Crippen LogP contribution in [0.4, 0.5) is 17.2 Å². The molecule has 3 heterocycles. The lowest BCUT2D eigenvalue weighted by Gasteiger charge is -2.16. The fraction of sp³-hybridized carbons (Fsp3) is 0.150. The van der Waals surface area contributed by atoms with Crippen LogP contribution in [0, 0.1) is 0 Å². The predicted molar refractivity (Wildman–Crippen MR) is 117 cm³/mol. The normalized spacial score (nSPS) is 10.7. The lowest BCUT2D eigenvalue weighted by molar-refractivity contribution is -0.105. The molecule has 0 fully saturated rings. The molecule has 1 aromatic carbocycles. The highest BCUT2D eigenvalue weighted by Crippen LogP contribution is 2.39. The van der Waals surface area contributed by atoms with Gasteiger partial charge in [0, 0.05) is 25.5 Å². The molecule has 3 N–H and O–H groups in total. The summed E-state index contributed by atoms with van der Waals surface area (Å²) in [5.41, 5.74) is 2.77. The monoisotopic (exact) mass is 437 g/mol. The molecule has 0 spiro atoms. The molecule has 0 saturated carbocycles. The molecule has 0 aliphatic rings. The van der Waals surface area contributed by atoms with Crippen molar-refractivity contribution in [3.8, 4) is 27.7 Å². The third kappa shape index (κ3) is 4.22. The Bertz CT molecular complexity index is 1220. The molecular weight excluding hydrogens is 418 g/mol. The van der Waals surface area contributed by atoms with Crippen LogP contribution in [0.5, 0.6) is 5.75 Å². The van der Waals surface area contributed by atoms with Crippen LogP contribution in [0.1, 0.15) is 4.88 Å². The van der Waals surface area contributed by atoms with Crippen molar-refractivity contribution in [3.05, 3.63) is 47.9 Å². The highest BCUT2D eigenvalue weighted by atomic mass is 32.1. The molecule has 0 aliphatic heterocycles. The molecule has 158 valence electrons. The van der Waals surface area contributed by atoms with E-state index in [0.29, 0.717) is 45.7 Å². The zero-order valence-electron chi connectivity index (χ0n) is 16.7. The Balaban J connectivity index is 1.79. The topological polar surface area (TPSA) is 127 Å². The first-order valence-electron chi connectivity index (χ1n) is 9.19. The minimum absolute atomic E-state index is 0.0917. The van der Waals surface area contributed by atoms with E-state index in [9.17, 15) is 9.90 Å². The number of nitrogens with zero attached hydrogens (tertiary/aromatic N) is 5. The summed E-state index contributed by atoms with van der Waals surface area (Å²) in [7, 11) is 3.37. The Morgan fingerprint density at radius 1 is 1.19 bits per heavy atom. The maximum Gasteiger partial charge on any atom is 0.212 e. The zero-order chi connectivity index (χ0) is 21.8. The van der Waals surface area contributed by atoms with Crippen molar-refractivity contribution < 1.29 is 14.6 Å². The Morgan fingerprint density at radius 3 is 2.74 bits per heavy atom. The average Bonchev–Trinajstić information content (AvgIpc) is 3.43. The fourth-order valence-corrected chi connectivity index (χ4v) is 3.81. The highest BCUT2D eigenvalue weighted by Gasteiger charge is 2.17. The van der Waals surface area contributed by atoms with E-state index in [1.54, 1.807) is 43.6 Å². The number of aryl methyl sites for hydroxylation is 1. The van der Waals surface area contributed by atoms with Gasteiger partial charge in [0.1, 0.15) is 17.2 Å². The number of ether oxygens (including phenoxy) is 1. The molecule has 31 heavy (non-hydrogen) atoms. The van der Waals surface area contributed by atoms with Crippen LogP contribution in [0.2, 0.25) is 0 Å². The summed E-state index contributed by atoms with van der Waals surface area (Å²) in [5.74, 6) is 1.48. The Morgan fingerprint density at radius 2 is 2.06 bits per heavy atom. The maximum absolute atomic E-state index is 10.9. The van der Waals surface area contributed by atoms with Crippen LogP contribution < -0.4 is 15.4 Å². The molecule has 0 atom stereocenters. The zero-order valence-corrected chi connectivity index (χ0v) is 17.6. The first kappa shape index (κ1) is 20.4. The molecule has 4 rings (SSSR count). The summed E-state index contributed by atoms with van der Waals surface area (Å²) >= 11 is 1.36. The van der Waals surface area contributed by atoms with Gasteiger partial charge in [-0.1, -0.05) is 6.07 Å². The Kier molecular flexibility index (Phi) is 5.87. The van der Waals surface area contributed by atoms with Gasteiger partial charge in [0.25, 0.3) is 0 Å². The lowest BCUT2D eigenvalue weighted by Crippen LogP contribution is -2.02. The van der Waals surface area contributed by atoms with E-state index in [4.69, 9.17) is 4.74 Å². The van der Waals surface area contributed by atoms with E-state index in [-0.39, 0.29) is 6.61 Å². The Hall–Kier alpha value is -3.83. The van der Waals surface area contributed by atoms with Crippen LogP contribution in [-0.2, 0) is 18.4 Å². The van der Waals surface area contributed by atoms with Crippen molar-refractivity contribution >= 4 is 34.9 Å². The van der Waals surface area contributed by atoms with Gasteiger partial charge in [-0.05, 0) is 12.1 Å². The van der Waals surface area contributed by atoms with Crippen molar-refractivity contribution in [2.45, 2.75) is 6.61 Å². The number of para-hydroxylation sites is 1. The molecule has 0 aliphatic carbocycles. The number of aromatic nitrogens is 5. The number of hydrogen-bond acceptors (Lipinski definition) is 9. The molecular formula is C20H19N7O3S. The van der Waals surface area contributed by atoms with E-state index in [1.165, 1.54) is 11.3 Å². The largest absolute Gasteiger partial charge is 0.494 e. The summed E-state index contributed by atoms with van der Waals surface area (Å²) in [4.78, 5) is 24.6. The second-order valence-electron chi connectivity index (χ2n) is 6.42. The van der Waals surface area contributed by atoms with E-state index < -0.39 is 0 Å². The quantitative estimate of drug-likeness (QED) is 0.359. The number of pyridine rings is 1. The second kappa shape index (κ2) is 8.90. The number of benzene rings is 1. The predicted octanol–water partition coefficient (Wildman–Crippen LogP) is 2.81. The highest BCUT2D eigenvalue weighted by molar-refractivity contribution is 7.15. The molecule has 0 radical (unpaired) electrons.